The molecule has 0 aliphatic carbocycles. The number of ether oxygens (including phenoxy) is 2. The molecule has 0 bridgehead atoms. The second-order valence-electron chi connectivity index (χ2n) is 9.66. The Labute approximate surface area is 213 Å². The van der Waals surface area contributed by atoms with E-state index in [9.17, 15) is 0 Å². The summed E-state index contributed by atoms with van der Waals surface area (Å²) < 4.78 is 10.8. The van der Waals surface area contributed by atoms with Crippen LogP contribution in [0.25, 0.3) is 22.4 Å². The molecule has 3 heterocycles. The third-order valence-electron chi connectivity index (χ3n) is 6.76. The normalized spacial score (nSPS) is 14.9. The molecule has 0 radical (unpaired) electrons. The van der Waals surface area contributed by atoms with E-state index in [1.807, 2.05) is 18.2 Å². The number of aromatic nitrogens is 4. The average molecular weight is 495 g/mol. The molecule has 3 aromatic rings. The molecule has 36 heavy (non-hydrogen) atoms. The second kappa shape index (κ2) is 11.2. The van der Waals surface area contributed by atoms with Crippen LogP contribution in [0, 0.1) is 0 Å². The Hall–Kier alpha value is -3.24. The summed E-state index contributed by atoms with van der Waals surface area (Å²) in [5.74, 6) is 2.24. The molecule has 1 aliphatic heterocycles. The highest BCUT2D eigenvalue weighted by Crippen LogP contribution is 2.32. The van der Waals surface area contributed by atoms with Gasteiger partial charge in [-0.2, -0.15) is 9.97 Å². The van der Waals surface area contributed by atoms with E-state index in [-0.39, 0.29) is 5.95 Å². The first-order chi connectivity index (χ1) is 17.3. The summed E-state index contributed by atoms with van der Waals surface area (Å²) in [6.07, 6.45) is 1.70. The van der Waals surface area contributed by atoms with Gasteiger partial charge in [0.15, 0.2) is 28.5 Å². The SMILES string of the molecule is COc1ccc(-c2cnc3nc(N)nc(N4CCN(CCN(C(C)C)C(C)C)CC4)c3n2)cc1OC. The smallest absolute Gasteiger partial charge is 0.224 e. The number of methoxy groups -OCH3 is 2. The molecule has 2 N–H and O–H groups in total. The number of benzene rings is 1. The highest BCUT2D eigenvalue weighted by Gasteiger charge is 2.23. The number of piperazine rings is 1. The zero-order valence-electron chi connectivity index (χ0n) is 22.2. The fourth-order valence-corrected chi connectivity index (χ4v) is 4.82. The van der Waals surface area contributed by atoms with Gasteiger partial charge >= 0.3 is 0 Å². The highest BCUT2D eigenvalue weighted by atomic mass is 16.5. The lowest BCUT2D eigenvalue weighted by molar-refractivity contribution is 0.140. The van der Waals surface area contributed by atoms with E-state index in [0.29, 0.717) is 40.4 Å². The van der Waals surface area contributed by atoms with Crippen LogP contribution in [-0.2, 0) is 0 Å². The van der Waals surface area contributed by atoms with Crippen molar-refractivity contribution in [1.29, 1.82) is 0 Å². The van der Waals surface area contributed by atoms with Gasteiger partial charge in [-0.05, 0) is 45.9 Å². The van der Waals surface area contributed by atoms with Crippen LogP contribution in [0.5, 0.6) is 11.5 Å². The Morgan fingerprint density at radius 2 is 1.64 bits per heavy atom. The van der Waals surface area contributed by atoms with Crippen molar-refractivity contribution < 1.29 is 9.47 Å². The first kappa shape index (κ1) is 25.8. The third-order valence-corrected chi connectivity index (χ3v) is 6.76. The molecule has 1 aliphatic rings. The molecule has 4 rings (SSSR count). The molecule has 1 aromatic carbocycles. The molecule has 0 amide bonds. The van der Waals surface area contributed by atoms with E-state index in [1.54, 1.807) is 20.4 Å². The maximum atomic E-state index is 6.05. The van der Waals surface area contributed by atoms with Crippen LogP contribution >= 0.6 is 0 Å². The minimum Gasteiger partial charge on any atom is -0.493 e. The minimum atomic E-state index is 0.206. The fraction of sp³-hybridized carbons (Fsp3) is 0.538. The number of nitrogens with zero attached hydrogens (tertiary/aromatic N) is 7. The van der Waals surface area contributed by atoms with Gasteiger partial charge in [-0.25, -0.2) is 9.97 Å². The van der Waals surface area contributed by atoms with Crippen molar-refractivity contribution in [3.8, 4) is 22.8 Å². The molecular formula is C26H38N8O2. The summed E-state index contributed by atoms with van der Waals surface area (Å²) in [4.78, 5) is 25.7. The second-order valence-corrected chi connectivity index (χ2v) is 9.66. The monoisotopic (exact) mass is 494 g/mol. The van der Waals surface area contributed by atoms with Gasteiger partial charge in [-0.1, -0.05) is 0 Å². The van der Waals surface area contributed by atoms with E-state index < -0.39 is 0 Å². The van der Waals surface area contributed by atoms with Gasteiger partial charge in [0.05, 0.1) is 26.1 Å². The first-order valence-corrected chi connectivity index (χ1v) is 12.6. The van der Waals surface area contributed by atoms with Gasteiger partial charge in [-0.15, -0.1) is 0 Å². The number of nitrogen functional groups attached to an aromatic ring is 1. The van der Waals surface area contributed by atoms with Crippen molar-refractivity contribution in [1.82, 2.24) is 29.7 Å². The molecule has 1 saturated heterocycles. The zero-order valence-corrected chi connectivity index (χ0v) is 22.2. The number of fused-ring (bicyclic) bond motifs is 1. The molecule has 194 valence electrons. The summed E-state index contributed by atoms with van der Waals surface area (Å²) in [5, 5.41) is 0. The topological polar surface area (TPSA) is 106 Å². The van der Waals surface area contributed by atoms with Gasteiger partial charge in [-0.3, -0.25) is 9.80 Å². The van der Waals surface area contributed by atoms with Crippen molar-refractivity contribution in [3.63, 3.8) is 0 Å². The third kappa shape index (κ3) is 5.60. The predicted molar refractivity (Wildman–Crippen MR) is 144 cm³/mol. The Bertz CT molecular complexity index is 1170. The molecule has 0 unspecified atom stereocenters. The van der Waals surface area contributed by atoms with Crippen molar-refractivity contribution in [3.05, 3.63) is 24.4 Å². The van der Waals surface area contributed by atoms with Crippen LogP contribution in [-0.4, -0.2) is 95.3 Å². The van der Waals surface area contributed by atoms with Crippen molar-refractivity contribution in [2.24, 2.45) is 0 Å². The summed E-state index contributed by atoms with van der Waals surface area (Å²) in [5.41, 5.74) is 8.77. The van der Waals surface area contributed by atoms with E-state index in [2.05, 4.69) is 57.3 Å². The van der Waals surface area contributed by atoms with Crippen LogP contribution in [0.4, 0.5) is 11.8 Å². The maximum Gasteiger partial charge on any atom is 0.224 e. The number of hydrogen-bond donors (Lipinski definition) is 1. The van der Waals surface area contributed by atoms with Crippen LogP contribution < -0.4 is 20.1 Å². The van der Waals surface area contributed by atoms with Gasteiger partial charge < -0.3 is 20.1 Å². The number of hydrogen-bond acceptors (Lipinski definition) is 10. The summed E-state index contributed by atoms with van der Waals surface area (Å²) >= 11 is 0. The quantitative estimate of drug-likeness (QED) is 0.477. The molecule has 0 saturated carbocycles. The first-order valence-electron chi connectivity index (χ1n) is 12.6. The lowest BCUT2D eigenvalue weighted by Crippen LogP contribution is -2.50. The molecule has 0 spiro atoms. The summed E-state index contributed by atoms with van der Waals surface area (Å²) in [6.45, 7) is 14.8. The molecule has 10 heteroatoms. The van der Waals surface area contributed by atoms with E-state index in [1.165, 1.54) is 0 Å². The van der Waals surface area contributed by atoms with Crippen LogP contribution in [0.1, 0.15) is 27.7 Å². The van der Waals surface area contributed by atoms with Crippen molar-refractivity contribution in [2.45, 2.75) is 39.8 Å². The molecule has 10 nitrogen and oxygen atoms in total. The lowest BCUT2D eigenvalue weighted by atomic mass is 10.1. The number of nitrogens with two attached hydrogens (primary N) is 1. The highest BCUT2D eigenvalue weighted by molar-refractivity contribution is 5.86. The van der Waals surface area contributed by atoms with Gasteiger partial charge in [0.25, 0.3) is 0 Å². The average Bonchev–Trinajstić information content (AvgIpc) is 2.87. The van der Waals surface area contributed by atoms with Crippen molar-refractivity contribution >= 4 is 22.9 Å². The Kier molecular flexibility index (Phi) is 8.05. The Morgan fingerprint density at radius 1 is 0.944 bits per heavy atom. The molecule has 2 aromatic heterocycles. The van der Waals surface area contributed by atoms with Crippen LogP contribution in [0.2, 0.25) is 0 Å². The lowest BCUT2D eigenvalue weighted by Gasteiger charge is -2.38. The van der Waals surface area contributed by atoms with E-state index in [0.717, 1.165) is 50.6 Å². The van der Waals surface area contributed by atoms with Crippen molar-refractivity contribution in [2.75, 3.05) is 64.1 Å². The summed E-state index contributed by atoms with van der Waals surface area (Å²) in [7, 11) is 3.23. The standard InChI is InChI=1S/C26H38N8O2/c1-17(2)34(18(3)4)14-11-32-9-12-33(13-10-32)25-23-24(30-26(27)31-25)28-16-20(29-23)19-7-8-21(35-5)22(15-19)36-6/h7-8,15-18H,9-14H2,1-6H3,(H2,27,28,30,31). The predicted octanol–water partition coefficient (Wildman–Crippen LogP) is 2.93. The maximum absolute atomic E-state index is 6.05. The summed E-state index contributed by atoms with van der Waals surface area (Å²) in [6, 6.07) is 6.77. The fourth-order valence-electron chi connectivity index (χ4n) is 4.82. The Morgan fingerprint density at radius 3 is 2.28 bits per heavy atom. The largest absolute Gasteiger partial charge is 0.493 e. The van der Waals surface area contributed by atoms with Gasteiger partial charge in [0, 0.05) is 56.9 Å². The number of anilines is 2. The number of rotatable bonds is 9. The van der Waals surface area contributed by atoms with Crippen LogP contribution in [0.3, 0.4) is 0 Å². The van der Waals surface area contributed by atoms with E-state index in [4.69, 9.17) is 20.2 Å². The van der Waals surface area contributed by atoms with E-state index >= 15 is 0 Å². The van der Waals surface area contributed by atoms with Gasteiger partial charge in [0.2, 0.25) is 5.95 Å². The Balaban J connectivity index is 1.54. The molecule has 0 atom stereocenters. The van der Waals surface area contributed by atoms with Gasteiger partial charge in [0.1, 0.15) is 0 Å². The minimum absolute atomic E-state index is 0.206. The molecular weight excluding hydrogens is 456 g/mol. The van der Waals surface area contributed by atoms with Crippen LogP contribution in [0.15, 0.2) is 24.4 Å². The zero-order chi connectivity index (χ0) is 25.8. The molecule has 1 fully saturated rings.